The van der Waals surface area contributed by atoms with Crippen LogP contribution >= 0.6 is 0 Å². The van der Waals surface area contributed by atoms with Crippen molar-refractivity contribution in [3.8, 4) is 0 Å². The van der Waals surface area contributed by atoms with Crippen LogP contribution in [0.5, 0.6) is 0 Å². The van der Waals surface area contributed by atoms with Gasteiger partial charge >= 0.3 is 21.6 Å². The lowest BCUT2D eigenvalue weighted by molar-refractivity contribution is -0.209. The van der Waals surface area contributed by atoms with Gasteiger partial charge in [-0.2, -0.15) is 21.6 Å². The van der Waals surface area contributed by atoms with Gasteiger partial charge in [0.05, 0.1) is 13.2 Å². The molecule has 8 nitrogen and oxygen atoms in total. The van der Waals surface area contributed by atoms with Gasteiger partial charge < -0.3 is 18.6 Å². The second-order valence-electron chi connectivity index (χ2n) is 10.4. The molecule has 2 heterocycles. The van der Waals surface area contributed by atoms with Gasteiger partial charge in [-0.3, -0.25) is 4.18 Å². The highest BCUT2D eigenvalue weighted by Crippen LogP contribution is 2.47. The summed E-state index contributed by atoms with van der Waals surface area (Å²) in [6.45, 7) is 7.41. The number of carbonyl (C=O) groups is 1. The Kier molecular flexibility index (Phi) is 8.07. The molecule has 4 unspecified atom stereocenters. The van der Waals surface area contributed by atoms with Gasteiger partial charge in [0.2, 0.25) is 0 Å². The van der Waals surface area contributed by atoms with Crippen molar-refractivity contribution in [1.82, 2.24) is 0 Å². The highest BCUT2D eigenvalue weighted by Gasteiger charge is 2.67. The minimum absolute atomic E-state index is 0.0480. The lowest BCUT2D eigenvalue weighted by Crippen LogP contribution is -2.67. The van der Waals surface area contributed by atoms with Gasteiger partial charge in [0.25, 0.3) is 14.1 Å². The SMILES string of the molecule is CCOC(=O)C12CC(OS(=O)(=O)C(F)(F)F)C(O1)C(CO[Si](c1ccccc1)(c1ccccc1)C(C)(C)C)O2. The molecule has 0 saturated carbocycles. The van der Waals surface area contributed by atoms with Gasteiger partial charge in [-0.25, -0.2) is 4.79 Å². The third-order valence-corrected chi connectivity index (χ3v) is 12.9. The first kappa shape index (κ1) is 29.7. The summed E-state index contributed by atoms with van der Waals surface area (Å²) in [6.07, 6.45) is -4.66. The Labute approximate surface area is 226 Å². The van der Waals surface area contributed by atoms with Crippen molar-refractivity contribution in [2.75, 3.05) is 13.2 Å². The second-order valence-corrected chi connectivity index (χ2v) is 16.3. The highest BCUT2D eigenvalue weighted by atomic mass is 32.2. The fraction of sp³-hybridized carbons (Fsp3) is 0.500. The van der Waals surface area contributed by atoms with Gasteiger partial charge in [-0.05, 0) is 22.3 Å². The summed E-state index contributed by atoms with van der Waals surface area (Å²) in [5.41, 5.74) is -5.65. The minimum Gasteiger partial charge on any atom is -0.462 e. The topological polar surface area (TPSA) is 97.4 Å². The maximum absolute atomic E-state index is 13.1. The van der Waals surface area contributed by atoms with Crippen molar-refractivity contribution in [1.29, 1.82) is 0 Å². The highest BCUT2D eigenvalue weighted by molar-refractivity contribution is 7.87. The molecule has 0 radical (unpaired) electrons. The van der Waals surface area contributed by atoms with Crippen LogP contribution in [0, 0.1) is 0 Å². The number of benzene rings is 2. The number of esters is 1. The standard InChI is InChI=1S/C26H31F3O8SSi/c1-5-33-23(30)25-16-20(37-38(31,32)26(27,28)29)22(36-25)21(35-25)17-34-39(24(2,3)4,18-12-8-6-9-13-18)19-14-10-7-11-15-19/h6-15,20-22H,5,16-17H2,1-4H3. The normalized spacial score (nSPS) is 25.6. The number of hydrogen-bond donors (Lipinski definition) is 0. The monoisotopic (exact) mass is 588 g/mol. The van der Waals surface area contributed by atoms with E-state index in [1.54, 1.807) is 6.92 Å². The molecule has 214 valence electrons. The van der Waals surface area contributed by atoms with Crippen molar-refractivity contribution in [2.24, 2.45) is 0 Å². The van der Waals surface area contributed by atoms with Crippen LogP contribution in [0.25, 0.3) is 0 Å². The van der Waals surface area contributed by atoms with Crippen LogP contribution in [0.15, 0.2) is 60.7 Å². The van der Waals surface area contributed by atoms with E-state index in [4.69, 9.17) is 18.6 Å². The number of ether oxygens (including phenoxy) is 3. The van der Waals surface area contributed by atoms with Crippen LogP contribution in [0.4, 0.5) is 13.2 Å². The summed E-state index contributed by atoms with van der Waals surface area (Å²) in [5.74, 6) is -3.08. The molecule has 2 aliphatic rings. The molecule has 0 aromatic heterocycles. The van der Waals surface area contributed by atoms with E-state index in [1.165, 1.54) is 0 Å². The lowest BCUT2D eigenvalue weighted by atomic mass is 10.0. The zero-order valence-electron chi connectivity index (χ0n) is 21.9. The lowest BCUT2D eigenvalue weighted by Gasteiger charge is -2.44. The molecule has 2 fully saturated rings. The molecule has 0 aliphatic carbocycles. The Balaban J connectivity index is 1.71. The number of halogens is 3. The summed E-state index contributed by atoms with van der Waals surface area (Å²) in [7, 11) is -9.06. The van der Waals surface area contributed by atoms with Crippen molar-refractivity contribution in [3.05, 3.63) is 60.7 Å². The first-order valence-corrected chi connectivity index (χ1v) is 15.8. The van der Waals surface area contributed by atoms with E-state index in [0.29, 0.717) is 0 Å². The van der Waals surface area contributed by atoms with Gasteiger partial charge in [-0.1, -0.05) is 81.4 Å². The summed E-state index contributed by atoms with van der Waals surface area (Å²) in [4.78, 5) is 12.8. The molecule has 13 heteroatoms. The van der Waals surface area contributed by atoms with Crippen molar-refractivity contribution < 1.29 is 49.2 Å². The molecule has 0 N–H and O–H groups in total. The first-order valence-electron chi connectivity index (χ1n) is 12.4. The van der Waals surface area contributed by atoms with Crippen LogP contribution in [0.1, 0.15) is 34.1 Å². The number of carbonyl (C=O) groups excluding carboxylic acids is 1. The molecule has 2 bridgehead atoms. The Morgan fingerprint density at radius 3 is 2.00 bits per heavy atom. The Hall–Kier alpha value is -2.29. The maximum atomic E-state index is 13.1. The molecular formula is C26H31F3O8SSi. The zero-order chi connectivity index (χ0) is 28.7. The molecule has 2 aromatic carbocycles. The van der Waals surface area contributed by atoms with E-state index < -0.39 is 65.5 Å². The van der Waals surface area contributed by atoms with Gasteiger partial charge in [0.15, 0.2) is 0 Å². The predicted molar refractivity (Wildman–Crippen MR) is 137 cm³/mol. The Bertz CT molecular complexity index is 1230. The van der Waals surface area contributed by atoms with Crippen molar-refractivity contribution >= 4 is 34.8 Å². The zero-order valence-corrected chi connectivity index (χ0v) is 23.8. The third-order valence-electron chi connectivity index (χ3n) is 6.87. The molecule has 2 aromatic rings. The van der Waals surface area contributed by atoms with Crippen LogP contribution in [0.3, 0.4) is 0 Å². The minimum atomic E-state index is -5.96. The number of alkyl halides is 3. The summed E-state index contributed by atoms with van der Waals surface area (Å²) in [5, 5.41) is 1.46. The fourth-order valence-corrected chi connectivity index (χ4v) is 10.4. The Morgan fingerprint density at radius 1 is 1.00 bits per heavy atom. The van der Waals surface area contributed by atoms with Crippen LogP contribution in [-0.4, -0.2) is 65.5 Å². The van der Waals surface area contributed by atoms with E-state index in [0.717, 1.165) is 10.4 Å². The van der Waals surface area contributed by atoms with Crippen molar-refractivity contribution in [3.63, 3.8) is 0 Å². The summed E-state index contributed by atoms with van der Waals surface area (Å²) < 4.78 is 91.0. The predicted octanol–water partition coefficient (Wildman–Crippen LogP) is 3.24. The molecule has 0 amide bonds. The number of hydrogen-bond acceptors (Lipinski definition) is 8. The molecule has 39 heavy (non-hydrogen) atoms. The first-order chi connectivity index (χ1) is 18.2. The molecule has 2 saturated heterocycles. The molecule has 2 aliphatic heterocycles. The largest absolute Gasteiger partial charge is 0.523 e. The second kappa shape index (κ2) is 10.6. The van der Waals surface area contributed by atoms with E-state index in [1.807, 2.05) is 81.4 Å². The van der Waals surface area contributed by atoms with Crippen molar-refractivity contribution in [2.45, 2.75) is 68.8 Å². The average Bonchev–Trinajstić information content (AvgIpc) is 3.41. The van der Waals surface area contributed by atoms with E-state index >= 15 is 0 Å². The average molecular weight is 589 g/mol. The third kappa shape index (κ3) is 5.40. The van der Waals surface area contributed by atoms with E-state index in [2.05, 4.69) is 4.18 Å². The number of fused-ring (bicyclic) bond motifs is 2. The fourth-order valence-electron chi connectivity index (χ4n) is 5.25. The van der Waals surface area contributed by atoms with E-state index in [9.17, 15) is 26.4 Å². The molecule has 4 rings (SSSR count). The maximum Gasteiger partial charge on any atom is 0.523 e. The summed E-state index contributed by atoms with van der Waals surface area (Å²) in [6, 6.07) is 19.2. The summed E-state index contributed by atoms with van der Waals surface area (Å²) >= 11 is 0. The smallest absolute Gasteiger partial charge is 0.462 e. The molecule has 4 atom stereocenters. The Morgan fingerprint density at radius 2 is 1.54 bits per heavy atom. The van der Waals surface area contributed by atoms with Gasteiger partial charge in [0.1, 0.15) is 18.3 Å². The molecular weight excluding hydrogens is 557 g/mol. The van der Waals surface area contributed by atoms with Gasteiger partial charge in [-0.15, -0.1) is 0 Å². The van der Waals surface area contributed by atoms with Crippen LogP contribution in [-0.2, 0) is 37.7 Å². The van der Waals surface area contributed by atoms with E-state index in [-0.39, 0.29) is 13.2 Å². The quantitative estimate of drug-likeness (QED) is 0.191. The van der Waals surface area contributed by atoms with Crippen LogP contribution in [0.2, 0.25) is 5.04 Å². The number of rotatable bonds is 9. The van der Waals surface area contributed by atoms with Gasteiger partial charge in [0, 0.05) is 6.42 Å². The van der Waals surface area contributed by atoms with Crippen LogP contribution < -0.4 is 10.4 Å². The molecule has 0 spiro atoms.